The van der Waals surface area contributed by atoms with Gasteiger partial charge in [-0.05, 0) is 18.1 Å². The number of anilines is 1. The first-order chi connectivity index (χ1) is 11.6. The van der Waals surface area contributed by atoms with Gasteiger partial charge in [-0.1, -0.05) is 13.8 Å². The van der Waals surface area contributed by atoms with Gasteiger partial charge in [-0.3, -0.25) is 14.4 Å². The minimum absolute atomic E-state index is 0.111. The van der Waals surface area contributed by atoms with E-state index < -0.39 is 60.0 Å². The van der Waals surface area contributed by atoms with Crippen LogP contribution >= 0.6 is 0 Å². The molecule has 138 valence electrons. The summed E-state index contributed by atoms with van der Waals surface area (Å²) in [5.74, 6) is -6.81. The fourth-order valence-corrected chi connectivity index (χ4v) is 1.65. The van der Waals surface area contributed by atoms with Crippen molar-refractivity contribution in [2.45, 2.75) is 19.9 Å². The minimum Gasteiger partial charge on any atom is -0.346 e. The number of carbonyl (C=O) groups is 3. The van der Waals surface area contributed by atoms with Gasteiger partial charge in [0.1, 0.15) is 0 Å². The van der Waals surface area contributed by atoms with Crippen LogP contribution in [0.1, 0.15) is 13.8 Å². The van der Waals surface area contributed by atoms with Crippen molar-refractivity contribution in [1.82, 2.24) is 10.6 Å². The summed E-state index contributed by atoms with van der Waals surface area (Å²) < 4.78 is 39.2. The van der Waals surface area contributed by atoms with Crippen LogP contribution in [-0.2, 0) is 14.4 Å². The van der Waals surface area contributed by atoms with Gasteiger partial charge in [-0.15, -0.1) is 0 Å². The Bertz CT molecular complexity index is 668. The Labute approximate surface area is 142 Å². The highest BCUT2D eigenvalue weighted by molar-refractivity contribution is 5.95. The van der Waals surface area contributed by atoms with E-state index in [4.69, 9.17) is 5.73 Å². The van der Waals surface area contributed by atoms with Gasteiger partial charge in [0, 0.05) is 0 Å². The molecule has 0 aliphatic rings. The Morgan fingerprint density at radius 2 is 1.60 bits per heavy atom. The maximum Gasteiger partial charge on any atom is 0.243 e. The first-order valence-corrected chi connectivity index (χ1v) is 7.36. The number of carbonyl (C=O) groups excluding carboxylic acids is 3. The van der Waals surface area contributed by atoms with E-state index in [0.717, 1.165) is 6.07 Å². The van der Waals surface area contributed by atoms with Crippen molar-refractivity contribution in [1.29, 1.82) is 0 Å². The lowest BCUT2D eigenvalue weighted by Crippen LogP contribution is -2.47. The van der Waals surface area contributed by atoms with E-state index in [-0.39, 0.29) is 5.92 Å². The number of hydrogen-bond donors (Lipinski definition) is 4. The van der Waals surface area contributed by atoms with Crippen molar-refractivity contribution < 1.29 is 27.6 Å². The maximum atomic E-state index is 13.4. The highest BCUT2D eigenvalue weighted by Gasteiger charge is 2.18. The molecule has 3 amide bonds. The second-order valence-corrected chi connectivity index (χ2v) is 5.54. The summed E-state index contributed by atoms with van der Waals surface area (Å²) in [6.45, 7) is 2.54. The van der Waals surface area contributed by atoms with E-state index >= 15 is 0 Å². The fraction of sp³-hybridized carbons (Fsp3) is 0.400. The quantitative estimate of drug-likeness (QED) is 0.522. The van der Waals surface area contributed by atoms with Crippen LogP contribution in [0.4, 0.5) is 18.9 Å². The molecule has 7 nitrogen and oxygen atoms in total. The molecule has 0 aliphatic carbocycles. The molecule has 1 aromatic rings. The van der Waals surface area contributed by atoms with Crippen LogP contribution < -0.4 is 21.7 Å². The molecule has 0 aromatic heterocycles. The summed E-state index contributed by atoms with van der Waals surface area (Å²) in [5.41, 5.74) is 5.03. The molecule has 0 unspecified atom stereocenters. The number of nitrogens with two attached hydrogens (primary N) is 1. The Kier molecular flexibility index (Phi) is 7.37. The van der Waals surface area contributed by atoms with E-state index in [1.165, 1.54) is 0 Å². The van der Waals surface area contributed by atoms with Crippen molar-refractivity contribution in [2.24, 2.45) is 11.7 Å². The average Bonchev–Trinajstić information content (AvgIpc) is 2.57. The molecule has 0 saturated carbocycles. The zero-order valence-corrected chi connectivity index (χ0v) is 13.7. The summed E-state index contributed by atoms with van der Waals surface area (Å²) in [6.07, 6.45) is 0. The lowest BCUT2D eigenvalue weighted by atomic mass is 10.1. The highest BCUT2D eigenvalue weighted by Crippen LogP contribution is 2.19. The van der Waals surface area contributed by atoms with Crippen LogP contribution in [0.3, 0.4) is 0 Å². The number of halogens is 3. The van der Waals surface area contributed by atoms with Gasteiger partial charge < -0.3 is 21.7 Å². The average molecular weight is 360 g/mol. The summed E-state index contributed by atoms with van der Waals surface area (Å²) in [7, 11) is 0. The van der Waals surface area contributed by atoms with Crippen molar-refractivity contribution in [3.63, 3.8) is 0 Å². The molecule has 0 saturated heterocycles. The molecule has 10 heteroatoms. The van der Waals surface area contributed by atoms with E-state index in [2.05, 4.69) is 10.6 Å². The van der Waals surface area contributed by atoms with E-state index in [1.807, 2.05) is 5.32 Å². The third kappa shape index (κ3) is 6.07. The van der Waals surface area contributed by atoms with Crippen LogP contribution in [0, 0.1) is 23.4 Å². The second kappa shape index (κ2) is 9.02. The topological polar surface area (TPSA) is 113 Å². The molecule has 5 N–H and O–H groups in total. The summed E-state index contributed by atoms with van der Waals surface area (Å²) in [6, 6.07) is 0.730. The number of rotatable bonds is 7. The zero-order valence-electron chi connectivity index (χ0n) is 13.7. The highest BCUT2D eigenvalue weighted by atomic mass is 19.2. The summed E-state index contributed by atoms with van der Waals surface area (Å²) in [4.78, 5) is 34.7. The van der Waals surface area contributed by atoms with Crippen molar-refractivity contribution in [3.05, 3.63) is 29.6 Å². The third-order valence-electron chi connectivity index (χ3n) is 3.20. The fourth-order valence-electron chi connectivity index (χ4n) is 1.65. The van der Waals surface area contributed by atoms with Gasteiger partial charge in [-0.2, -0.15) is 0 Å². The minimum atomic E-state index is -1.72. The van der Waals surface area contributed by atoms with Crippen molar-refractivity contribution >= 4 is 23.4 Å². The van der Waals surface area contributed by atoms with Crippen molar-refractivity contribution in [3.8, 4) is 0 Å². The van der Waals surface area contributed by atoms with Gasteiger partial charge in [0.2, 0.25) is 17.7 Å². The Hall–Kier alpha value is -2.62. The Morgan fingerprint density at radius 3 is 2.20 bits per heavy atom. The molecular weight excluding hydrogens is 341 g/mol. The van der Waals surface area contributed by atoms with E-state index in [9.17, 15) is 27.6 Å². The van der Waals surface area contributed by atoms with Crippen LogP contribution in [0.5, 0.6) is 0 Å². The number of nitrogens with one attached hydrogen (secondary N) is 3. The predicted octanol–water partition coefficient (Wildman–Crippen LogP) is 0.258. The molecule has 0 heterocycles. The number of benzene rings is 1. The zero-order chi connectivity index (χ0) is 19.1. The summed E-state index contributed by atoms with van der Waals surface area (Å²) in [5, 5.41) is 6.46. The van der Waals surface area contributed by atoms with E-state index in [0.29, 0.717) is 6.07 Å². The molecule has 0 aliphatic heterocycles. The second-order valence-electron chi connectivity index (χ2n) is 5.54. The first-order valence-electron chi connectivity index (χ1n) is 7.36. The normalized spacial score (nSPS) is 11.8. The SMILES string of the molecule is CC(C)[C@H](N)C(=O)NCC(=O)NCC(=O)Nc1ccc(F)c(F)c1F. The predicted molar refractivity (Wildman–Crippen MR) is 83.8 cm³/mol. The van der Waals surface area contributed by atoms with Gasteiger partial charge in [0.05, 0.1) is 24.8 Å². The van der Waals surface area contributed by atoms with Crippen LogP contribution in [0.15, 0.2) is 12.1 Å². The van der Waals surface area contributed by atoms with Gasteiger partial charge >= 0.3 is 0 Å². The van der Waals surface area contributed by atoms with Crippen LogP contribution in [0.25, 0.3) is 0 Å². The largest absolute Gasteiger partial charge is 0.346 e. The monoisotopic (exact) mass is 360 g/mol. The third-order valence-corrected chi connectivity index (χ3v) is 3.20. The van der Waals surface area contributed by atoms with E-state index in [1.54, 1.807) is 13.8 Å². The summed E-state index contributed by atoms with van der Waals surface area (Å²) >= 11 is 0. The number of hydrogen-bond acceptors (Lipinski definition) is 4. The number of amides is 3. The molecular formula is C15H19F3N4O3. The van der Waals surface area contributed by atoms with Gasteiger partial charge in [0.25, 0.3) is 0 Å². The smallest absolute Gasteiger partial charge is 0.243 e. The molecule has 1 aromatic carbocycles. The van der Waals surface area contributed by atoms with Crippen molar-refractivity contribution in [2.75, 3.05) is 18.4 Å². The molecule has 0 bridgehead atoms. The lowest BCUT2D eigenvalue weighted by Gasteiger charge is -2.15. The molecule has 0 spiro atoms. The molecule has 25 heavy (non-hydrogen) atoms. The Balaban J connectivity index is 2.43. The molecule has 0 fully saturated rings. The molecule has 1 atom stereocenters. The molecule has 0 radical (unpaired) electrons. The van der Waals surface area contributed by atoms with Gasteiger partial charge in [0.15, 0.2) is 17.5 Å². The lowest BCUT2D eigenvalue weighted by molar-refractivity contribution is -0.127. The van der Waals surface area contributed by atoms with Crippen LogP contribution in [0.2, 0.25) is 0 Å². The standard InChI is InChI=1S/C15H19F3N4O3/c1-7(2)14(19)15(25)21-5-10(23)20-6-11(24)22-9-4-3-8(16)12(17)13(9)18/h3-4,7,14H,5-6,19H2,1-2H3,(H,20,23)(H,21,25)(H,22,24)/t14-/m0/s1. The Morgan fingerprint density at radius 1 is 1.00 bits per heavy atom. The molecule has 1 rings (SSSR count). The van der Waals surface area contributed by atoms with Gasteiger partial charge in [-0.25, -0.2) is 13.2 Å². The first kappa shape index (κ1) is 20.4. The van der Waals surface area contributed by atoms with Crippen LogP contribution in [-0.4, -0.2) is 36.9 Å². The maximum absolute atomic E-state index is 13.4.